The highest BCUT2D eigenvalue weighted by Gasteiger charge is 2.53. The number of hydrogen-bond donors (Lipinski definition) is 1. The summed E-state index contributed by atoms with van der Waals surface area (Å²) in [6.45, 7) is 1.98. The van der Waals surface area contributed by atoms with Gasteiger partial charge < -0.3 is 15.4 Å². The van der Waals surface area contributed by atoms with E-state index in [2.05, 4.69) is 15.0 Å². The third-order valence-corrected chi connectivity index (χ3v) is 8.45. The van der Waals surface area contributed by atoms with E-state index < -0.39 is 29.3 Å². The minimum absolute atomic E-state index is 0.0241. The molecule has 3 fully saturated rings. The van der Waals surface area contributed by atoms with Crippen molar-refractivity contribution in [2.75, 3.05) is 13.2 Å². The third-order valence-electron chi connectivity index (χ3n) is 6.96. The van der Waals surface area contributed by atoms with Gasteiger partial charge >= 0.3 is 0 Å². The minimum Gasteiger partial charge on any atom is -0.366 e. The molecular formula is C23H26ClN5O4S. The van der Waals surface area contributed by atoms with Gasteiger partial charge in [0.25, 0.3) is 5.91 Å². The Morgan fingerprint density at radius 3 is 2.74 bits per heavy atom. The van der Waals surface area contributed by atoms with Gasteiger partial charge in [-0.15, -0.1) is 22.9 Å². The molecule has 34 heavy (non-hydrogen) atoms. The zero-order chi connectivity index (χ0) is 24.0. The minimum atomic E-state index is -0.680. The van der Waals surface area contributed by atoms with Crippen LogP contribution in [0.15, 0.2) is 12.3 Å². The van der Waals surface area contributed by atoms with E-state index in [4.69, 9.17) is 22.1 Å². The first kappa shape index (κ1) is 23.3. The Morgan fingerprint density at radius 2 is 2.03 bits per heavy atom. The Morgan fingerprint density at radius 1 is 1.26 bits per heavy atom. The number of fused-ring (bicyclic) bond motifs is 1. The highest BCUT2D eigenvalue weighted by Crippen LogP contribution is 2.44. The number of carbonyl (C=O) groups excluding carboxylic acids is 3. The van der Waals surface area contributed by atoms with Crippen LogP contribution in [0.2, 0.25) is 0 Å². The van der Waals surface area contributed by atoms with E-state index >= 15 is 0 Å². The molecule has 4 heterocycles. The second-order valence-electron chi connectivity index (χ2n) is 9.16. The highest BCUT2D eigenvalue weighted by atomic mass is 35.5. The van der Waals surface area contributed by atoms with Gasteiger partial charge in [0.2, 0.25) is 5.91 Å². The Balaban J connectivity index is 1.61. The van der Waals surface area contributed by atoms with Crippen molar-refractivity contribution in [1.29, 1.82) is 0 Å². The van der Waals surface area contributed by atoms with Crippen LogP contribution >= 0.6 is 22.9 Å². The molecule has 2 amide bonds. The maximum atomic E-state index is 14.2. The van der Waals surface area contributed by atoms with Crippen LogP contribution in [0.3, 0.4) is 0 Å². The number of nitrogens with two attached hydrogens (primary N) is 1. The molecule has 5 rings (SSSR count). The molecule has 2 aromatic heterocycles. The second kappa shape index (κ2) is 9.31. The number of hydrogen-bond acceptors (Lipinski definition) is 8. The van der Waals surface area contributed by atoms with Crippen LogP contribution < -0.4 is 5.73 Å². The fraction of sp³-hybridized carbons (Fsp3) is 0.565. The molecule has 3 aliphatic rings. The van der Waals surface area contributed by atoms with E-state index in [9.17, 15) is 14.4 Å². The van der Waals surface area contributed by atoms with Gasteiger partial charge in [-0.2, -0.15) is 0 Å². The first-order valence-electron chi connectivity index (χ1n) is 11.5. The monoisotopic (exact) mass is 503 g/mol. The van der Waals surface area contributed by atoms with Crippen molar-refractivity contribution in [1.82, 2.24) is 19.9 Å². The number of carbonyl (C=O) groups is 3. The number of aryl methyl sites for hydroxylation is 1. The summed E-state index contributed by atoms with van der Waals surface area (Å²) in [5, 5.41) is -0.322. The fourth-order valence-corrected chi connectivity index (χ4v) is 6.72. The quantitative estimate of drug-likeness (QED) is 0.620. The zero-order valence-corrected chi connectivity index (χ0v) is 20.3. The number of aromatic nitrogens is 3. The third kappa shape index (κ3) is 4.12. The van der Waals surface area contributed by atoms with Gasteiger partial charge in [0.15, 0.2) is 10.8 Å². The van der Waals surface area contributed by atoms with E-state index in [1.54, 1.807) is 24.1 Å². The molecule has 2 aromatic rings. The van der Waals surface area contributed by atoms with E-state index in [0.717, 1.165) is 43.4 Å². The SMILES string of the molecule is Cc1nccc(-c2sc(C(N)=O)nc2[C@@H](C(=O)N2C[C@H](Cl)[C@H]3OCC(=O)[C@H]32)C2CCCCC2)n1. The molecule has 11 heteroatoms. The molecule has 4 atom stereocenters. The number of thiazole rings is 1. The van der Waals surface area contributed by atoms with Crippen molar-refractivity contribution in [3.8, 4) is 10.6 Å². The van der Waals surface area contributed by atoms with Crippen LogP contribution in [-0.4, -0.2) is 68.1 Å². The zero-order valence-electron chi connectivity index (χ0n) is 18.8. The Labute approximate surface area is 206 Å². The van der Waals surface area contributed by atoms with Crippen molar-refractivity contribution in [3.63, 3.8) is 0 Å². The number of primary amides is 1. The molecule has 9 nitrogen and oxygen atoms in total. The lowest BCUT2D eigenvalue weighted by Gasteiger charge is -2.33. The maximum Gasteiger partial charge on any atom is 0.277 e. The second-order valence-corrected chi connectivity index (χ2v) is 10.7. The van der Waals surface area contributed by atoms with Gasteiger partial charge in [-0.25, -0.2) is 15.0 Å². The summed E-state index contributed by atoms with van der Waals surface area (Å²) in [6.07, 6.45) is 6.00. The van der Waals surface area contributed by atoms with E-state index in [1.165, 1.54) is 0 Å². The van der Waals surface area contributed by atoms with E-state index in [0.29, 0.717) is 22.1 Å². The number of amides is 2. The summed E-state index contributed by atoms with van der Waals surface area (Å²) >= 11 is 7.62. The standard InChI is InChI=1S/C23H26ClN5O4S/c1-11-26-8-7-14(27-11)20-17(28-22(34-20)21(25)31)16(12-5-3-2-4-6-12)23(32)29-9-13(24)19-18(29)15(30)10-33-19/h7-8,12-13,16,18-19H,2-6,9-10H2,1H3,(H2,25,31)/t13-,16-,18+,19+/m0/s1. The van der Waals surface area contributed by atoms with Gasteiger partial charge in [0, 0.05) is 12.7 Å². The number of likely N-dealkylation sites (tertiary alicyclic amines) is 1. The fourth-order valence-electron chi connectivity index (χ4n) is 5.43. The summed E-state index contributed by atoms with van der Waals surface area (Å²) in [7, 11) is 0. The topological polar surface area (TPSA) is 128 Å². The van der Waals surface area contributed by atoms with Gasteiger partial charge in [0.05, 0.1) is 27.6 Å². The van der Waals surface area contributed by atoms with Gasteiger partial charge in [-0.1, -0.05) is 19.3 Å². The Bertz CT molecular complexity index is 1130. The average molecular weight is 504 g/mol. The maximum absolute atomic E-state index is 14.2. The summed E-state index contributed by atoms with van der Waals surface area (Å²) < 4.78 is 5.59. The number of ether oxygens (including phenoxy) is 1. The first-order chi connectivity index (χ1) is 16.3. The molecule has 2 N–H and O–H groups in total. The van der Waals surface area contributed by atoms with Gasteiger partial charge in [-0.3, -0.25) is 14.4 Å². The Hall–Kier alpha value is -2.43. The lowest BCUT2D eigenvalue weighted by molar-refractivity contribution is -0.139. The van der Waals surface area contributed by atoms with Crippen molar-refractivity contribution in [3.05, 3.63) is 28.8 Å². The van der Waals surface area contributed by atoms with Crippen molar-refractivity contribution in [2.24, 2.45) is 11.7 Å². The van der Waals surface area contributed by atoms with Crippen molar-refractivity contribution >= 4 is 40.5 Å². The van der Waals surface area contributed by atoms with Gasteiger partial charge in [0.1, 0.15) is 24.6 Å². The molecule has 2 saturated heterocycles. The highest BCUT2D eigenvalue weighted by molar-refractivity contribution is 7.17. The normalized spacial score (nSPS) is 26.0. The molecule has 0 aromatic carbocycles. The smallest absolute Gasteiger partial charge is 0.277 e. The lowest BCUT2D eigenvalue weighted by atomic mass is 9.77. The van der Waals surface area contributed by atoms with Crippen LogP contribution in [0.4, 0.5) is 0 Å². The van der Waals surface area contributed by atoms with Crippen LogP contribution in [-0.2, 0) is 14.3 Å². The van der Waals surface area contributed by atoms with Crippen LogP contribution in [0.5, 0.6) is 0 Å². The number of ketones is 1. The summed E-state index contributed by atoms with van der Waals surface area (Å²) in [5.41, 5.74) is 6.68. The molecule has 0 spiro atoms. The number of nitrogens with zero attached hydrogens (tertiary/aromatic N) is 4. The number of rotatable bonds is 5. The van der Waals surface area contributed by atoms with Crippen LogP contribution in [0, 0.1) is 12.8 Å². The molecule has 0 unspecified atom stereocenters. The summed E-state index contributed by atoms with van der Waals surface area (Å²) in [4.78, 5) is 54.4. The molecule has 180 valence electrons. The largest absolute Gasteiger partial charge is 0.366 e. The average Bonchev–Trinajstić information content (AvgIpc) is 3.51. The van der Waals surface area contributed by atoms with E-state index in [-0.39, 0.29) is 35.8 Å². The molecule has 1 saturated carbocycles. The summed E-state index contributed by atoms with van der Waals surface area (Å²) in [6, 6.07) is 1.06. The molecule has 1 aliphatic carbocycles. The number of halogens is 1. The first-order valence-corrected chi connectivity index (χ1v) is 12.8. The summed E-state index contributed by atoms with van der Waals surface area (Å²) in [5.74, 6) is -1.02. The number of Topliss-reactive ketones (excluding diaryl/α,β-unsaturated/α-hetero) is 1. The van der Waals surface area contributed by atoms with Gasteiger partial charge in [-0.05, 0) is 31.7 Å². The predicted octanol–water partition coefficient (Wildman–Crippen LogP) is 2.46. The van der Waals surface area contributed by atoms with Crippen molar-refractivity contribution in [2.45, 2.75) is 62.5 Å². The molecule has 0 bridgehead atoms. The number of alkyl halides is 1. The van der Waals surface area contributed by atoms with Crippen LogP contribution in [0.25, 0.3) is 10.6 Å². The lowest BCUT2D eigenvalue weighted by Crippen LogP contribution is -2.46. The Kier molecular flexibility index (Phi) is 6.39. The molecular weight excluding hydrogens is 478 g/mol. The molecule has 2 aliphatic heterocycles. The van der Waals surface area contributed by atoms with Crippen molar-refractivity contribution < 1.29 is 19.1 Å². The van der Waals surface area contributed by atoms with E-state index in [1.807, 2.05) is 0 Å². The van der Waals surface area contributed by atoms with Crippen LogP contribution in [0.1, 0.15) is 59.3 Å². The molecule has 0 radical (unpaired) electrons. The predicted molar refractivity (Wildman–Crippen MR) is 126 cm³/mol.